The van der Waals surface area contributed by atoms with Crippen molar-refractivity contribution in [1.82, 2.24) is 15.0 Å². The molecular weight excluding hydrogens is 539 g/mol. The molecule has 0 radical (unpaired) electrons. The Morgan fingerprint density at radius 3 is 2.42 bits per heavy atom. The first kappa shape index (κ1) is 27.5. The lowest BCUT2D eigenvalue weighted by Crippen LogP contribution is -2.29. The highest BCUT2D eigenvalue weighted by atomic mass is 32.2. The molecule has 0 aliphatic rings. The van der Waals surface area contributed by atoms with Crippen LogP contribution in [0, 0.1) is 6.08 Å². The van der Waals surface area contributed by atoms with Gasteiger partial charge in [0.1, 0.15) is 4.90 Å². The maximum Gasteiger partial charge on any atom is 0.315 e. The Kier molecular flexibility index (Phi) is 8.98. The molecule has 1 heterocycles. The fourth-order valence-corrected chi connectivity index (χ4v) is 4.85. The molecule has 3 rings (SSSR count). The van der Waals surface area contributed by atoms with Gasteiger partial charge in [-0.2, -0.15) is 27.8 Å². The molecule has 0 spiro atoms. The number of nitrogens with two attached hydrogens (primary N) is 1. The van der Waals surface area contributed by atoms with Crippen LogP contribution in [-0.2, 0) is 24.1 Å². The standard InChI is InChI=1S/C19H21FN6O7S3/c20-17-23-18(22-13-6-7-16(15(21)12-13)36(30,31)32)25-19(24-17)26(14-4-2-1-3-5-14)8-10-35(28,29)11-9-33-34-27/h1-7,12,27H,8-11,21H2,(H,30,31,32)(H,22,23,24,25). The molecule has 5 N–H and O–H groups in total. The Morgan fingerprint density at radius 2 is 1.78 bits per heavy atom. The Morgan fingerprint density at radius 1 is 1.06 bits per heavy atom. The number of nitrogen functional groups attached to an aromatic ring is 1. The van der Waals surface area contributed by atoms with E-state index in [0.717, 1.165) is 6.07 Å². The molecule has 13 nitrogen and oxygen atoms in total. The van der Waals surface area contributed by atoms with Crippen LogP contribution in [0.2, 0.25) is 0 Å². The second-order valence-electron chi connectivity index (χ2n) is 7.12. The molecule has 0 unspecified atom stereocenters. The molecule has 0 amide bonds. The maximum absolute atomic E-state index is 14.4. The van der Waals surface area contributed by atoms with Crippen molar-refractivity contribution < 1.29 is 34.5 Å². The minimum Gasteiger partial charge on any atom is -0.398 e. The molecule has 0 saturated carbocycles. The Bertz CT molecular complexity index is 1410. The van der Waals surface area contributed by atoms with Gasteiger partial charge in [-0.05, 0) is 30.3 Å². The summed E-state index contributed by atoms with van der Waals surface area (Å²) in [5.41, 5.74) is 6.07. The molecule has 0 aliphatic heterocycles. The van der Waals surface area contributed by atoms with Crippen LogP contribution >= 0.6 is 12.3 Å². The molecule has 0 fully saturated rings. The molecule has 1 aromatic heterocycles. The zero-order valence-corrected chi connectivity index (χ0v) is 20.8. The average Bonchev–Trinajstić information content (AvgIpc) is 2.79. The van der Waals surface area contributed by atoms with Gasteiger partial charge in [-0.1, -0.05) is 18.2 Å². The highest BCUT2D eigenvalue weighted by molar-refractivity contribution is 7.91. The smallest absolute Gasteiger partial charge is 0.315 e. The molecule has 17 heteroatoms. The van der Waals surface area contributed by atoms with Gasteiger partial charge in [0.2, 0.25) is 11.9 Å². The Hall–Kier alpha value is -3.09. The van der Waals surface area contributed by atoms with Crippen LogP contribution < -0.4 is 16.0 Å². The van der Waals surface area contributed by atoms with Gasteiger partial charge in [-0.25, -0.2) is 8.42 Å². The van der Waals surface area contributed by atoms with E-state index in [1.807, 2.05) is 0 Å². The summed E-state index contributed by atoms with van der Waals surface area (Å²) in [7, 11) is -8.15. The van der Waals surface area contributed by atoms with Gasteiger partial charge < -0.3 is 20.5 Å². The van der Waals surface area contributed by atoms with Gasteiger partial charge in [0.15, 0.2) is 22.2 Å². The molecule has 0 bridgehead atoms. The van der Waals surface area contributed by atoms with Crippen molar-refractivity contribution in [3.8, 4) is 0 Å². The predicted molar refractivity (Wildman–Crippen MR) is 132 cm³/mol. The largest absolute Gasteiger partial charge is 0.398 e. The number of benzene rings is 2. The lowest BCUT2D eigenvalue weighted by molar-refractivity contribution is 0.367. The van der Waals surface area contributed by atoms with E-state index >= 15 is 0 Å². The van der Waals surface area contributed by atoms with Crippen LogP contribution in [0.4, 0.5) is 33.3 Å². The van der Waals surface area contributed by atoms with Crippen LogP contribution in [0.25, 0.3) is 0 Å². The van der Waals surface area contributed by atoms with Crippen molar-refractivity contribution in [3.05, 3.63) is 54.6 Å². The van der Waals surface area contributed by atoms with E-state index in [9.17, 15) is 25.8 Å². The first-order valence-electron chi connectivity index (χ1n) is 10.0. The topological polar surface area (TPSA) is 198 Å². The van der Waals surface area contributed by atoms with Crippen molar-refractivity contribution in [1.29, 1.82) is 0 Å². The maximum atomic E-state index is 14.4. The molecule has 0 atom stereocenters. The van der Waals surface area contributed by atoms with Crippen LogP contribution in [0.5, 0.6) is 0 Å². The average molecular weight is 561 g/mol. The summed E-state index contributed by atoms with van der Waals surface area (Å²) in [5, 5.41) is 2.67. The zero-order chi connectivity index (χ0) is 26.3. The molecule has 194 valence electrons. The number of hydrogen-bond donors (Lipinski definition) is 4. The van der Waals surface area contributed by atoms with E-state index in [-0.39, 0.29) is 60.3 Å². The fourth-order valence-electron chi connectivity index (χ4n) is 2.99. The predicted octanol–water partition coefficient (Wildman–Crippen LogP) is 2.27. The number of para-hydroxylation sites is 1. The highest BCUT2D eigenvalue weighted by Crippen LogP contribution is 2.26. The summed E-state index contributed by atoms with van der Waals surface area (Å²) in [6.45, 7) is -0.361. The third kappa shape index (κ3) is 7.70. The van der Waals surface area contributed by atoms with Gasteiger partial charge in [-0.3, -0.25) is 8.74 Å². The second kappa shape index (κ2) is 11.8. The van der Waals surface area contributed by atoms with Crippen molar-refractivity contribution >= 4 is 61.2 Å². The second-order valence-corrected chi connectivity index (χ2v) is 11.2. The van der Waals surface area contributed by atoms with Crippen LogP contribution in [0.15, 0.2) is 53.4 Å². The number of nitrogens with zero attached hydrogens (tertiary/aromatic N) is 4. The van der Waals surface area contributed by atoms with E-state index in [4.69, 9.17) is 10.3 Å². The fraction of sp³-hybridized carbons (Fsp3) is 0.211. The van der Waals surface area contributed by atoms with E-state index in [2.05, 4.69) is 24.5 Å². The molecule has 36 heavy (non-hydrogen) atoms. The van der Waals surface area contributed by atoms with Gasteiger partial charge >= 0.3 is 6.08 Å². The molecule has 3 aromatic rings. The summed E-state index contributed by atoms with van der Waals surface area (Å²) >= 11 is 0.0666. The minimum absolute atomic E-state index is 0.0666. The minimum atomic E-state index is -4.54. The van der Waals surface area contributed by atoms with Gasteiger partial charge in [0.05, 0.1) is 23.8 Å². The summed E-state index contributed by atoms with van der Waals surface area (Å²) < 4.78 is 84.1. The zero-order valence-electron chi connectivity index (χ0n) is 18.4. The number of anilines is 5. The van der Waals surface area contributed by atoms with E-state index < -0.39 is 30.9 Å². The Labute approximate surface area is 210 Å². The van der Waals surface area contributed by atoms with Crippen molar-refractivity contribution in [3.63, 3.8) is 0 Å². The Balaban J connectivity index is 1.89. The van der Waals surface area contributed by atoms with Gasteiger partial charge in [-0.15, -0.1) is 0 Å². The summed E-state index contributed by atoms with van der Waals surface area (Å²) in [6, 6.07) is 11.9. The third-order valence-corrected chi connectivity index (χ3v) is 7.40. The first-order chi connectivity index (χ1) is 17.0. The number of nitrogens with one attached hydrogen (secondary N) is 1. The molecule has 0 aliphatic carbocycles. The SMILES string of the molecule is Nc1cc(Nc2nc(F)nc(N(CCS(=O)(=O)CCOSO)c3ccccc3)n2)ccc1S(=O)(=O)O. The van der Waals surface area contributed by atoms with E-state index in [0.29, 0.717) is 5.69 Å². The normalized spacial score (nSPS) is 11.9. The van der Waals surface area contributed by atoms with Crippen molar-refractivity contribution in [2.45, 2.75) is 4.90 Å². The number of halogens is 1. The number of sulfone groups is 1. The highest BCUT2D eigenvalue weighted by Gasteiger charge is 2.20. The lowest BCUT2D eigenvalue weighted by atomic mass is 10.3. The number of aromatic nitrogens is 3. The third-order valence-electron chi connectivity index (χ3n) is 4.61. The quantitative estimate of drug-likeness (QED) is 0.109. The molecule has 2 aromatic carbocycles. The number of rotatable bonds is 12. The van der Waals surface area contributed by atoms with Crippen molar-refractivity contribution in [2.24, 2.45) is 0 Å². The van der Waals surface area contributed by atoms with Crippen LogP contribution in [0.1, 0.15) is 0 Å². The lowest BCUT2D eigenvalue weighted by Gasteiger charge is -2.23. The van der Waals surface area contributed by atoms with Crippen molar-refractivity contribution in [2.75, 3.05) is 40.6 Å². The van der Waals surface area contributed by atoms with E-state index in [1.54, 1.807) is 30.3 Å². The molecule has 0 saturated heterocycles. The summed E-state index contributed by atoms with van der Waals surface area (Å²) in [5.74, 6) is -1.17. The summed E-state index contributed by atoms with van der Waals surface area (Å²) in [4.78, 5) is 12.3. The summed E-state index contributed by atoms with van der Waals surface area (Å²) in [6.07, 6.45) is -1.16. The number of hydrogen-bond acceptors (Lipinski definition) is 13. The van der Waals surface area contributed by atoms with E-state index in [1.165, 1.54) is 17.0 Å². The van der Waals surface area contributed by atoms with Gasteiger partial charge in [0, 0.05) is 17.9 Å². The van der Waals surface area contributed by atoms with Gasteiger partial charge in [0.25, 0.3) is 10.1 Å². The van der Waals surface area contributed by atoms with Crippen LogP contribution in [0.3, 0.4) is 0 Å². The van der Waals surface area contributed by atoms with Crippen LogP contribution in [-0.4, -0.2) is 65.6 Å². The monoisotopic (exact) mass is 560 g/mol. The molecular formula is C19H21FN6O7S3. The first-order valence-corrected chi connectivity index (χ1v) is 14.0.